The molecular formula is C23H26N2O4. The van der Waals surface area contributed by atoms with Gasteiger partial charge in [0.2, 0.25) is 0 Å². The van der Waals surface area contributed by atoms with Gasteiger partial charge in [-0.05, 0) is 68.3 Å². The minimum Gasteiger partial charge on any atom is -0.497 e. The minimum absolute atomic E-state index is 0.144. The molecule has 0 atom stereocenters. The molecule has 0 aliphatic heterocycles. The summed E-state index contributed by atoms with van der Waals surface area (Å²) >= 11 is 0. The van der Waals surface area contributed by atoms with Crippen molar-refractivity contribution in [2.24, 2.45) is 0 Å². The van der Waals surface area contributed by atoms with Gasteiger partial charge in [0.15, 0.2) is 0 Å². The molecule has 0 bridgehead atoms. The molecule has 29 heavy (non-hydrogen) atoms. The fourth-order valence-corrected chi connectivity index (χ4v) is 3.43. The third-order valence-electron chi connectivity index (χ3n) is 4.88. The maximum absolute atomic E-state index is 10.6. The second-order valence-corrected chi connectivity index (χ2v) is 6.94. The number of carboxylic acids is 1. The highest BCUT2D eigenvalue weighted by Gasteiger charge is 2.10. The van der Waals surface area contributed by atoms with Crippen molar-refractivity contribution in [3.05, 3.63) is 59.4 Å². The predicted octanol–water partition coefficient (Wildman–Crippen LogP) is 4.99. The van der Waals surface area contributed by atoms with E-state index < -0.39 is 5.97 Å². The van der Waals surface area contributed by atoms with Crippen LogP contribution in [0.5, 0.6) is 11.5 Å². The molecule has 6 nitrogen and oxygen atoms in total. The fraction of sp³-hybridized carbons (Fsp3) is 0.261. The van der Waals surface area contributed by atoms with Crippen LogP contribution in [0.2, 0.25) is 0 Å². The molecule has 0 saturated heterocycles. The molecular weight excluding hydrogens is 368 g/mol. The molecule has 4 rings (SSSR count). The lowest BCUT2D eigenvalue weighted by molar-refractivity contribution is -0.136. The second-order valence-electron chi connectivity index (χ2n) is 6.94. The summed E-state index contributed by atoms with van der Waals surface area (Å²) in [5.74, 6) is 0.913. The largest absolute Gasteiger partial charge is 0.497 e. The van der Waals surface area contributed by atoms with Crippen molar-refractivity contribution in [3.63, 3.8) is 0 Å². The Morgan fingerprint density at radius 2 is 1.59 bits per heavy atom. The molecule has 152 valence electrons. The van der Waals surface area contributed by atoms with Gasteiger partial charge < -0.3 is 24.5 Å². The number of aromatic nitrogens is 2. The Morgan fingerprint density at radius 3 is 2.24 bits per heavy atom. The summed E-state index contributed by atoms with van der Waals surface area (Å²) in [6.45, 7) is 4.01. The lowest BCUT2D eigenvalue weighted by atomic mass is 10.1. The van der Waals surface area contributed by atoms with Crippen molar-refractivity contribution in [1.29, 1.82) is 0 Å². The first kappa shape index (κ1) is 20.3. The number of hydrogen-bond acceptors (Lipinski definition) is 3. The molecule has 0 radical (unpaired) electrons. The normalized spacial score (nSPS) is 10.6. The highest BCUT2D eigenvalue weighted by molar-refractivity contribution is 5.86. The van der Waals surface area contributed by atoms with Crippen LogP contribution >= 0.6 is 0 Å². The van der Waals surface area contributed by atoms with Crippen LogP contribution in [-0.2, 0) is 11.2 Å². The van der Waals surface area contributed by atoms with E-state index in [1.807, 2.05) is 50.2 Å². The summed E-state index contributed by atoms with van der Waals surface area (Å²) < 4.78 is 10.3. The van der Waals surface area contributed by atoms with Crippen LogP contribution in [0, 0.1) is 13.8 Å². The third kappa shape index (κ3) is 4.71. The zero-order chi connectivity index (χ0) is 21.0. The standard InChI is InChI=1S/C13H15NO3.C10H11NO/c1-8-10(4-6-13(15)16)11-7-9(17-2)3-5-12(11)14-8;1-7-5-8-6-9(12-2)3-4-10(8)11-7/h3,5,7,14H,4,6H2,1-2H3,(H,15,16);3-6,11H,1-2H3. The van der Waals surface area contributed by atoms with E-state index in [4.69, 9.17) is 14.6 Å². The highest BCUT2D eigenvalue weighted by Crippen LogP contribution is 2.27. The number of ether oxygens (including phenoxy) is 2. The maximum atomic E-state index is 10.6. The Morgan fingerprint density at radius 1 is 0.931 bits per heavy atom. The number of aliphatic carboxylic acids is 1. The molecule has 4 aromatic rings. The first-order valence-electron chi connectivity index (χ1n) is 9.41. The van der Waals surface area contributed by atoms with Gasteiger partial charge in [-0.2, -0.15) is 0 Å². The Labute approximate surface area is 169 Å². The van der Waals surface area contributed by atoms with Gasteiger partial charge in [0.05, 0.1) is 14.2 Å². The second kappa shape index (κ2) is 8.73. The lowest BCUT2D eigenvalue weighted by Crippen LogP contribution is -1.98. The molecule has 0 spiro atoms. The molecule has 0 aliphatic rings. The summed E-state index contributed by atoms with van der Waals surface area (Å²) in [6, 6.07) is 13.9. The van der Waals surface area contributed by atoms with Crippen molar-refractivity contribution in [1.82, 2.24) is 9.97 Å². The van der Waals surface area contributed by atoms with Crippen molar-refractivity contribution in [2.75, 3.05) is 14.2 Å². The number of aromatic amines is 2. The van der Waals surface area contributed by atoms with E-state index in [-0.39, 0.29) is 6.42 Å². The Bertz CT molecular complexity index is 1140. The zero-order valence-electron chi connectivity index (χ0n) is 17.1. The van der Waals surface area contributed by atoms with Gasteiger partial charge in [0.25, 0.3) is 0 Å². The van der Waals surface area contributed by atoms with Crippen molar-refractivity contribution < 1.29 is 19.4 Å². The number of carbonyl (C=O) groups is 1. The lowest BCUT2D eigenvalue weighted by Gasteiger charge is -2.01. The number of hydrogen-bond donors (Lipinski definition) is 3. The summed E-state index contributed by atoms with van der Waals surface area (Å²) in [7, 11) is 3.30. The average molecular weight is 394 g/mol. The number of carboxylic acid groups (broad SMARTS) is 1. The molecule has 2 aromatic heterocycles. The van der Waals surface area contributed by atoms with Gasteiger partial charge in [-0.1, -0.05) is 0 Å². The van der Waals surface area contributed by atoms with Gasteiger partial charge in [-0.15, -0.1) is 0 Å². The van der Waals surface area contributed by atoms with Crippen LogP contribution in [0.1, 0.15) is 23.4 Å². The molecule has 0 saturated carbocycles. The van der Waals surface area contributed by atoms with E-state index in [1.165, 1.54) is 11.1 Å². The molecule has 3 N–H and O–H groups in total. The number of fused-ring (bicyclic) bond motifs is 2. The van der Waals surface area contributed by atoms with Crippen molar-refractivity contribution in [3.8, 4) is 11.5 Å². The van der Waals surface area contributed by atoms with Crippen LogP contribution in [0.15, 0.2) is 42.5 Å². The smallest absolute Gasteiger partial charge is 0.303 e. The van der Waals surface area contributed by atoms with Crippen LogP contribution in [0.3, 0.4) is 0 Å². The minimum atomic E-state index is -0.776. The molecule has 0 amide bonds. The zero-order valence-corrected chi connectivity index (χ0v) is 17.1. The molecule has 0 fully saturated rings. The summed E-state index contributed by atoms with van der Waals surface area (Å²) in [4.78, 5) is 17.1. The summed E-state index contributed by atoms with van der Waals surface area (Å²) in [6.07, 6.45) is 0.680. The van der Waals surface area contributed by atoms with E-state index in [2.05, 4.69) is 16.0 Å². The number of methoxy groups -OCH3 is 2. The summed E-state index contributed by atoms with van der Waals surface area (Å²) in [5.41, 5.74) is 5.44. The number of H-pyrrole nitrogens is 2. The van der Waals surface area contributed by atoms with E-state index in [0.29, 0.717) is 6.42 Å². The first-order chi connectivity index (χ1) is 13.9. The molecule has 6 heteroatoms. The molecule has 2 heterocycles. The monoisotopic (exact) mass is 394 g/mol. The van der Waals surface area contributed by atoms with Crippen LogP contribution in [0.4, 0.5) is 0 Å². The van der Waals surface area contributed by atoms with E-state index >= 15 is 0 Å². The van der Waals surface area contributed by atoms with Crippen LogP contribution < -0.4 is 9.47 Å². The maximum Gasteiger partial charge on any atom is 0.303 e. The Kier molecular flexibility index (Phi) is 6.12. The van der Waals surface area contributed by atoms with Gasteiger partial charge in [0.1, 0.15) is 11.5 Å². The quantitative estimate of drug-likeness (QED) is 0.445. The Hall–Kier alpha value is -3.41. The van der Waals surface area contributed by atoms with Gasteiger partial charge >= 0.3 is 5.97 Å². The van der Waals surface area contributed by atoms with Gasteiger partial charge in [-0.25, -0.2) is 0 Å². The van der Waals surface area contributed by atoms with E-state index in [0.717, 1.165) is 39.2 Å². The van der Waals surface area contributed by atoms with Crippen molar-refractivity contribution >= 4 is 27.8 Å². The third-order valence-corrected chi connectivity index (χ3v) is 4.88. The van der Waals surface area contributed by atoms with E-state index in [9.17, 15) is 4.79 Å². The molecule has 0 unspecified atom stereocenters. The van der Waals surface area contributed by atoms with Gasteiger partial charge in [0, 0.05) is 39.6 Å². The number of nitrogens with one attached hydrogen (secondary N) is 2. The predicted molar refractivity (Wildman–Crippen MR) is 115 cm³/mol. The van der Waals surface area contributed by atoms with Crippen LogP contribution in [-0.4, -0.2) is 35.3 Å². The molecule has 0 aliphatic carbocycles. The van der Waals surface area contributed by atoms with Gasteiger partial charge in [-0.3, -0.25) is 4.79 Å². The Balaban J connectivity index is 0.000000176. The number of benzene rings is 2. The average Bonchev–Trinajstić information content (AvgIpc) is 3.23. The van der Waals surface area contributed by atoms with Crippen molar-refractivity contribution in [2.45, 2.75) is 26.7 Å². The van der Waals surface area contributed by atoms with Crippen LogP contribution in [0.25, 0.3) is 21.8 Å². The highest BCUT2D eigenvalue weighted by atomic mass is 16.5. The topological polar surface area (TPSA) is 87.3 Å². The first-order valence-corrected chi connectivity index (χ1v) is 9.41. The molecule has 2 aromatic carbocycles. The summed E-state index contributed by atoms with van der Waals surface area (Å²) in [5, 5.41) is 11.0. The fourth-order valence-electron chi connectivity index (χ4n) is 3.43. The number of rotatable bonds is 5. The van der Waals surface area contributed by atoms with E-state index in [1.54, 1.807) is 14.2 Å². The number of aryl methyl sites for hydroxylation is 3. The SMILES string of the molecule is COc1ccc2[nH]c(C)c(CCC(=O)O)c2c1.COc1ccc2[nH]c(C)cc2c1.